The van der Waals surface area contributed by atoms with E-state index in [2.05, 4.69) is 17.0 Å². The molecule has 0 radical (unpaired) electrons. The third-order valence-electron chi connectivity index (χ3n) is 6.79. The maximum atomic E-state index is 12.4. The number of Topliss-reactive ketones (excluding diaryl/α,β-unsaturated/α-hetero) is 1. The maximum absolute atomic E-state index is 12.4. The number of nitrogens with zero attached hydrogens (tertiary/aromatic N) is 1. The SMILES string of the molecule is COc1ccc2c(c1)[C@]13CCN(C4CO4)[C@H](C2)[C@]1(O)CCC(=O)C3. The number of likely N-dealkylation sites (tertiary alicyclic amines) is 1. The minimum Gasteiger partial charge on any atom is -0.497 e. The molecule has 2 heterocycles. The highest BCUT2D eigenvalue weighted by Crippen LogP contribution is 2.58. The van der Waals surface area contributed by atoms with Crippen molar-refractivity contribution in [3.63, 3.8) is 0 Å². The quantitative estimate of drug-likeness (QED) is 0.831. The summed E-state index contributed by atoms with van der Waals surface area (Å²) in [6.45, 7) is 1.63. The molecule has 1 N–H and O–H groups in total. The minimum atomic E-state index is -0.857. The van der Waals surface area contributed by atoms with E-state index in [1.807, 2.05) is 6.07 Å². The van der Waals surface area contributed by atoms with Crippen molar-refractivity contribution in [1.29, 1.82) is 0 Å². The summed E-state index contributed by atoms with van der Waals surface area (Å²) in [7, 11) is 1.66. The van der Waals surface area contributed by atoms with Crippen LogP contribution in [-0.2, 0) is 21.4 Å². The summed E-state index contributed by atoms with van der Waals surface area (Å²) in [6.07, 6.45) is 3.23. The molecule has 2 bridgehead atoms. The average Bonchev–Trinajstić information content (AvgIpc) is 3.40. The Kier molecular flexibility index (Phi) is 2.98. The smallest absolute Gasteiger partial charge is 0.134 e. The highest BCUT2D eigenvalue weighted by molar-refractivity contribution is 5.82. The van der Waals surface area contributed by atoms with Crippen LogP contribution in [0.15, 0.2) is 18.2 Å². The number of methoxy groups -OCH3 is 1. The van der Waals surface area contributed by atoms with Crippen LogP contribution in [0.4, 0.5) is 0 Å². The molecule has 2 saturated heterocycles. The Bertz CT molecular complexity index is 715. The van der Waals surface area contributed by atoms with E-state index in [-0.39, 0.29) is 18.1 Å². The minimum absolute atomic E-state index is 0.0349. The molecule has 0 amide bonds. The Morgan fingerprint density at radius 2 is 2.21 bits per heavy atom. The van der Waals surface area contributed by atoms with Crippen molar-refractivity contribution in [2.24, 2.45) is 0 Å². The van der Waals surface area contributed by atoms with E-state index in [0.29, 0.717) is 19.3 Å². The molecular formula is C19H23NO4. The average molecular weight is 329 g/mol. The summed E-state index contributed by atoms with van der Waals surface area (Å²) in [6, 6.07) is 6.18. The monoisotopic (exact) mass is 329 g/mol. The van der Waals surface area contributed by atoms with E-state index in [4.69, 9.17) is 9.47 Å². The number of ether oxygens (including phenoxy) is 2. The lowest BCUT2D eigenvalue weighted by Gasteiger charge is -2.63. The molecule has 5 rings (SSSR count). The number of aliphatic hydroxyl groups is 1. The van der Waals surface area contributed by atoms with Gasteiger partial charge in [0, 0.05) is 30.8 Å². The van der Waals surface area contributed by atoms with E-state index >= 15 is 0 Å². The molecule has 5 nitrogen and oxygen atoms in total. The van der Waals surface area contributed by atoms with Crippen molar-refractivity contribution in [3.8, 4) is 5.75 Å². The second kappa shape index (κ2) is 4.81. The summed E-state index contributed by atoms with van der Waals surface area (Å²) in [4.78, 5) is 14.7. The molecule has 4 aliphatic rings. The number of hydrogen-bond acceptors (Lipinski definition) is 5. The standard InChI is InChI=1S/C19H23NO4/c1-23-14-3-2-12-8-16-19(22)5-4-13(21)10-18(19,15(12)9-14)6-7-20(16)17-11-24-17/h2-3,9,16-17,22H,4-8,10-11H2,1H3/t16-,17?,18-,19-/m1/s1. The van der Waals surface area contributed by atoms with Crippen LogP contribution in [0.5, 0.6) is 5.75 Å². The first-order valence-corrected chi connectivity index (χ1v) is 8.86. The van der Waals surface area contributed by atoms with Crippen LogP contribution in [0.3, 0.4) is 0 Å². The van der Waals surface area contributed by atoms with Crippen molar-refractivity contribution >= 4 is 5.78 Å². The predicted octanol–water partition coefficient (Wildman–Crippen LogP) is 1.40. The van der Waals surface area contributed by atoms with E-state index in [1.165, 1.54) is 5.56 Å². The number of rotatable bonds is 2. The van der Waals surface area contributed by atoms with Crippen LogP contribution in [-0.4, -0.2) is 53.9 Å². The molecule has 3 fully saturated rings. The van der Waals surface area contributed by atoms with E-state index in [9.17, 15) is 9.90 Å². The van der Waals surface area contributed by atoms with Gasteiger partial charge in [0.05, 0.1) is 19.3 Å². The molecule has 1 unspecified atom stereocenters. The highest BCUT2D eigenvalue weighted by atomic mass is 16.6. The van der Waals surface area contributed by atoms with Crippen molar-refractivity contribution in [1.82, 2.24) is 4.90 Å². The maximum Gasteiger partial charge on any atom is 0.134 e. The summed E-state index contributed by atoms with van der Waals surface area (Å²) in [5.41, 5.74) is 1.04. The number of carbonyl (C=O) groups is 1. The molecule has 4 atom stereocenters. The van der Waals surface area contributed by atoms with Crippen LogP contribution in [0.2, 0.25) is 0 Å². The van der Waals surface area contributed by atoms with Gasteiger partial charge in [-0.3, -0.25) is 9.69 Å². The molecule has 24 heavy (non-hydrogen) atoms. The zero-order valence-electron chi connectivity index (χ0n) is 14.0. The van der Waals surface area contributed by atoms with Gasteiger partial charge in [-0.2, -0.15) is 0 Å². The van der Waals surface area contributed by atoms with E-state index in [1.54, 1.807) is 7.11 Å². The molecule has 1 aromatic rings. The molecule has 0 spiro atoms. The Morgan fingerprint density at radius 3 is 2.96 bits per heavy atom. The number of fused-ring (bicyclic) bond motifs is 1. The lowest BCUT2D eigenvalue weighted by molar-refractivity contribution is -0.178. The van der Waals surface area contributed by atoms with Gasteiger partial charge < -0.3 is 14.6 Å². The third kappa shape index (κ3) is 1.78. The van der Waals surface area contributed by atoms with E-state index < -0.39 is 11.0 Å². The highest BCUT2D eigenvalue weighted by Gasteiger charge is 2.66. The lowest BCUT2D eigenvalue weighted by atomic mass is 9.49. The predicted molar refractivity (Wildman–Crippen MR) is 87.0 cm³/mol. The molecular weight excluding hydrogens is 306 g/mol. The fourth-order valence-corrected chi connectivity index (χ4v) is 5.53. The number of hydrogen-bond donors (Lipinski definition) is 1. The molecule has 2 aliphatic heterocycles. The van der Waals surface area contributed by atoms with Gasteiger partial charge in [-0.1, -0.05) is 6.07 Å². The van der Waals surface area contributed by atoms with Gasteiger partial charge >= 0.3 is 0 Å². The number of piperidine rings is 1. The molecule has 5 heteroatoms. The van der Waals surface area contributed by atoms with Gasteiger partial charge in [0.2, 0.25) is 0 Å². The van der Waals surface area contributed by atoms with Crippen LogP contribution in [0, 0.1) is 0 Å². The first-order valence-electron chi connectivity index (χ1n) is 8.86. The van der Waals surface area contributed by atoms with Crippen molar-refractivity contribution in [3.05, 3.63) is 29.3 Å². The van der Waals surface area contributed by atoms with Gasteiger partial charge in [-0.05, 0) is 42.5 Å². The van der Waals surface area contributed by atoms with Gasteiger partial charge in [0.25, 0.3) is 0 Å². The molecule has 1 saturated carbocycles. The first-order chi connectivity index (χ1) is 11.6. The normalized spacial score (nSPS) is 40.7. The fraction of sp³-hybridized carbons (Fsp3) is 0.632. The lowest BCUT2D eigenvalue weighted by Crippen LogP contribution is -2.73. The van der Waals surface area contributed by atoms with Crippen LogP contribution in [0.1, 0.15) is 36.8 Å². The second-order valence-electron chi connectivity index (χ2n) is 7.74. The van der Waals surface area contributed by atoms with Crippen molar-refractivity contribution in [2.45, 2.75) is 55.4 Å². The number of epoxide rings is 1. The van der Waals surface area contributed by atoms with Gasteiger partial charge in [-0.15, -0.1) is 0 Å². The Balaban J connectivity index is 1.70. The summed E-state index contributed by atoms with van der Waals surface area (Å²) in [5.74, 6) is 1.07. The summed E-state index contributed by atoms with van der Waals surface area (Å²) in [5, 5.41) is 11.8. The Hall–Kier alpha value is -1.43. The van der Waals surface area contributed by atoms with Gasteiger partial charge in [0.1, 0.15) is 17.8 Å². The van der Waals surface area contributed by atoms with Crippen LogP contribution < -0.4 is 4.74 Å². The van der Waals surface area contributed by atoms with Gasteiger partial charge in [-0.25, -0.2) is 0 Å². The van der Waals surface area contributed by atoms with Gasteiger partial charge in [0.15, 0.2) is 0 Å². The van der Waals surface area contributed by atoms with Crippen molar-refractivity contribution < 1.29 is 19.4 Å². The summed E-state index contributed by atoms with van der Waals surface area (Å²) < 4.78 is 11.0. The number of ketones is 1. The topological polar surface area (TPSA) is 62.3 Å². The van der Waals surface area contributed by atoms with Crippen LogP contribution >= 0.6 is 0 Å². The third-order valence-corrected chi connectivity index (χ3v) is 6.79. The molecule has 1 aromatic carbocycles. The zero-order chi connectivity index (χ0) is 16.5. The molecule has 0 aromatic heterocycles. The first kappa shape index (κ1) is 14.9. The Morgan fingerprint density at radius 1 is 1.38 bits per heavy atom. The number of carbonyl (C=O) groups excluding carboxylic acids is 1. The number of benzene rings is 1. The fourth-order valence-electron chi connectivity index (χ4n) is 5.53. The van der Waals surface area contributed by atoms with Crippen molar-refractivity contribution in [2.75, 3.05) is 20.3 Å². The molecule has 128 valence electrons. The second-order valence-corrected chi connectivity index (χ2v) is 7.74. The Labute approximate surface area is 141 Å². The summed E-state index contributed by atoms with van der Waals surface area (Å²) >= 11 is 0. The largest absolute Gasteiger partial charge is 0.497 e. The zero-order valence-corrected chi connectivity index (χ0v) is 14.0. The molecule has 2 aliphatic carbocycles. The van der Waals surface area contributed by atoms with E-state index in [0.717, 1.165) is 37.3 Å². The van der Waals surface area contributed by atoms with Crippen LogP contribution in [0.25, 0.3) is 0 Å².